The van der Waals surface area contributed by atoms with Gasteiger partial charge >= 0.3 is 0 Å². The molecule has 1 aliphatic rings. The molecule has 0 radical (unpaired) electrons. The van der Waals surface area contributed by atoms with Gasteiger partial charge in [-0.1, -0.05) is 36.4 Å². The quantitative estimate of drug-likeness (QED) is 0.267. The highest BCUT2D eigenvalue weighted by Crippen LogP contribution is 2.41. The predicted octanol–water partition coefficient (Wildman–Crippen LogP) is 6.42. The van der Waals surface area contributed by atoms with Gasteiger partial charge in [0.05, 0.1) is 17.8 Å². The van der Waals surface area contributed by atoms with Crippen LogP contribution in [0.15, 0.2) is 72.9 Å². The highest BCUT2D eigenvalue weighted by Gasteiger charge is 2.41. The number of benzene rings is 2. The number of pyridine rings is 1. The van der Waals surface area contributed by atoms with E-state index >= 15 is 0 Å². The van der Waals surface area contributed by atoms with E-state index in [1.54, 1.807) is 0 Å². The maximum atomic E-state index is 13.1. The van der Waals surface area contributed by atoms with E-state index in [0.29, 0.717) is 18.1 Å². The Bertz CT molecular complexity index is 1530. The second-order valence-corrected chi connectivity index (χ2v) is 10.8. The van der Waals surface area contributed by atoms with Crippen molar-refractivity contribution in [1.82, 2.24) is 19.8 Å². The highest BCUT2D eigenvalue weighted by atomic mass is 32.1. The molecule has 0 aliphatic carbocycles. The lowest BCUT2D eigenvalue weighted by Crippen LogP contribution is -2.33. The summed E-state index contributed by atoms with van der Waals surface area (Å²) in [6, 6.07) is 22.5. The Hall–Kier alpha value is -3.97. The summed E-state index contributed by atoms with van der Waals surface area (Å²) in [5.41, 5.74) is 9.81. The minimum Gasteiger partial charge on any atom is -0.352 e. The third kappa shape index (κ3) is 5.32. The van der Waals surface area contributed by atoms with Crippen molar-refractivity contribution >= 4 is 28.9 Å². The number of nitrogens with zero attached hydrogens (tertiary/aromatic N) is 3. The van der Waals surface area contributed by atoms with Crippen LogP contribution in [0.2, 0.25) is 0 Å². The Balaban J connectivity index is 1.48. The molecule has 1 amide bonds. The van der Waals surface area contributed by atoms with E-state index in [1.165, 1.54) is 16.8 Å². The fourth-order valence-corrected chi connectivity index (χ4v) is 5.89. The van der Waals surface area contributed by atoms with Crippen molar-refractivity contribution in [3.8, 4) is 5.69 Å². The summed E-state index contributed by atoms with van der Waals surface area (Å²) in [7, 11) is 0. The number of carbonyl (C=O) groups excluding carboxylic acids is 1. The molecule has 0 saturated carbocycles. The maximum absolute atomic E-state index is 13.1. The summed E-state index contributed by atoms with van der Waals surface area (Å²) in [5.74, 6) is -0.0306. The van der Waals surface area contributed by atoms with Gasteiger partial charge in [0.25, 0.3) is 0 Å². The van der Waals surface area contributed by atoms with E-state index in [1.807, 2.05) is 50.4 Å². The molecule has 1 saturated heterocycles. The summed E-state index contributed by atoms with van der Waals surface area (Å²) >= 11 is 5.86. The number of aryl methyl sites for hydroxylation is 4. The van der Waals surface area contributed by atoms with E-state index < -0.39 is 0 Å². The first-order valence-corrected chi connectivity index (χ1v) is 13.8. The molecule has 3 heterocycles. The van der Waals surface area contributed by atoms with Crippen molar-refractivity contribution in [3.63, 3.8) is 0 Å². The first kappa shape index (κ1) is 26.6. The Labute approximate surface area is 236 Å². The van der Waals surface area contributed by atoms with Gasteiger partial charge in [0.2, 0.25) is 5.91 Å². The molecule has 0 spiro atoms. The number of carbonyl (C=O) groups is 1. The lowest BCUT2D eigenvalue weighted by atomic mass is 9.96. The number of anilines is 1. The Morgan fingerprint density at radius 1 is 0.974 bits per heavy atom. The van der Waals surface area contributed by atoms with Gasteiger partial charge in [0.15, 0.2) is 5.11 Å². The van der Waals surface area contributed by atoms with Crippen LogP contribution in [0.25, 0.3) is 5.69 Å². The van der Waals surface area contributed by atoms with Crippen molar-refractivity contribution in [3.05, 3.63) is 112 Å². The third-order valence-electron chi connectivity index (χ3n) is 7.59. The Morgan fingerprint density at radius 2 is 1.74 bits per heavy atom. The van der Waals surface area contributed by atoms with Gasteiger partial charge in [-0.25, -0.2) is 0 Å². The van der Waals surface area contributed by atoms with E-state index in [2.05, 4.69) is 82.3 Å². The molecule has 200 valence electrons. The molecular weight excluding hydrogens is 502 g/mol. The molecule has 4 aromatic rings. The molecule has 2 aromatic heterocycles. The molecule has 6 nitrogen and oxygen atoms in total. The zero-order valence-electron chi connectivity index (χ0n) is 23.2. The van der Waals surface area contributed by atoms with Crippen molar-refractivity contribution in [2.24, 2.45) is 0 Å². The van der Waals surface area contributed by atoms with Crippen LogP contribution in [0.4, 0.5) is 5.69 Å². The smallest absolute Gasteiger partial charge is 0.226 e. The van der Waals surface area contributed by atoms with E-state index in [4.69, 9.17) is 12.2 Å². The lowest BCUT2D eigenvalue weighted by molar-refractivity contribution is -0.116. The lowest BCUT2D eigenvalue weighted by Gasteiger charge is -2.28. The summed E-state index contributed by atoms with van der Waals surface area (Å²) < 4.78 is 2.31. The zero-order valence-corrected chi connectivity index (χ0v) is 24.0. The van der Waals surface area contributed by atoms with Crippen molar-refractivity contribution < 1.29 is 4.79 Å². The number of aromatic nitrogens is 2. The van der Waals surface area contributed by atoms with Crippen LogP contribution in [0, 0.1) is 34.6 Å². The average Bonchev–Trinajstić information content (AvgIpc) is 3.40. The van der Waals surface area contributed by atoms with Gasteiger partial charge in [-0.15, -0.1) is 0 Å². The molecule has 1 aliphatic heterocycles. The number of nitrogens with one attached hydrogen (secondary N) is 2. The fraction of sp³-hybridized carbons (Fsp3) is 0.281. The molecule has 5 rings (SSSR count). The summed E-state index contributed by atoms with van der Waals surface area (Å²) in [6.07, 6.45) is 2.13. The molecule has 2 atom stereocenters. The number of hydrogen-bond donors (Lipinski definition) is 2. The van der Waals surface area contributed by atoms with Crippen LogP contribution in [0.5, 0.6) is 0 Å². The largest absolute Gasteiger partial charge is 0.352 e. The number of para-hydroxylation sites is 1. The Kier molecular flexibility index (Phi) is 7.53. The normalized spacial score (nSPS) is 16.8. The first-order chi connectivity index (χ1) is 18.7. The van der Waals surface area contributed by atoms with Crippen LogP contribution in [-0.4, -0.2) is 32.0 Å². The van der Waals surface area contributed by atoms with E-state index in [0.717, 1.165) is 33.9 Å². The summed E-state index contributed by atoms with van der Waals surface area (Å²) in [4.78, 5) is 19.9. The van der Waals surface area contributed by atoms with Gasteiger partial charge in [-0.3, -0.25) is 9.78 Å². The number of hydrogen-bond acceptors (Lipinski definition) is 3. The minimum absolute atomic E-state index is 0.0306. The second-order valence-electron chi connectivity index (χ2n) is 10.4. The topological polar surface area (TPSA) is 62.2 Å². The van der Waals surface area contributed by atoms with Crippen LogP contribution >= 0.6 is 12.2 Å². The van der Waals surface area contributed by atoms with Gasteiger partial charge in [-0.05, 0) is 99.4 Å². The number of thiocarbonyl (C=S) groups is 1. The molecule has 0 unspecified atom stereocenters. The fourth-order valence-electron chi connectivity index (χ4n) is 5.56. The SMILES string of the molecule is Cc1ccc(C)c(NC(=O)CCN2C(=S)N[C@@H](c3ccccn3)[C@@H]2c2cc(C)n(-c3ccccc3C)c2C)c1. The zero-order chi connectivity index (χ0) is 27.7. The molecule has 0 bridgehead atoms. The Morgan fingerprint density at radius 3 is 2.49 bits per heavy atom. The predicted molar refractivity (Wildman–Crippen MR) is 161 cm³/mol. The first-order valence-electron chi connectivity index (χ1n) is 13.3. The van der Waals surface area contributed by atoms with Crippen LogP contribution in [0.3, 0.4) is 0 Å². The van der Waals surface area contributed by atoms with E-state index in [-0.39, 0.29) is 18.0 Å². The molecule has 39 heavy (non-hydrogen) atoms. The van der Waals surface area contributed by atoms with Gasteiger partial charge in [0, 0.05) is 41.9 Å². The van der Waals surface area contributed by atoms with E-state index in [9.17, 15) is 4.79 Å². The molecule has 2 N–H and O–H groups in total. The third-order valence-corrected chi connectivity index (χ3v) is 7.94. The van der Waals surface area contributed by atoms with Crippen molar-refractivity contribution in [2.45, 2.75) is 53.1 Å². The maximum Gasteiger partial charge on any atom is 0.226 e. The van der Waals surface area contributed by atoms with Crippen LogP contribution < -0.4 is 10.6 Å². The van der Waals surface area contributed by atoms with Crippen molar-refractivity contribution in [2.75, 3.05) is 11.9 Å². The van der Waals surface area contributed by atoms with Crippen molar-refractivity contribution in [1.29, 1.82) is 0 Å². The summed E-state index contributed by atoms with van der Waals surface area (Å²) in [5, 5.41) is 7.25. The van der Waals surface area contributed by atoms with Gasteiger partial charge in [-0.2, -0.15) is 0 Å². The minimum atomic E-state index is -0.133. The molecular formula is C32H35N5OS. The van der Waals surface area contributed by atoms with Gasteiger partial charge < -0.3 is 20.1 Å². The number of amides is 1. The molecule has 2 aromatic carbocycles. The second kappa shape index (κ2) is 11.0. The van der Waals surface area contributed by atoms with Gasteiger partial charge in [0.1, 0.15) is 0 Å². The molecule has 7 heteroatoms. The standard InChI is InChI=1S/C32H35N5OS/c1-20-13-14-21(2)27(18-20)34-29(38)15-17-36-31(30(35-32(36)39)26-11-8-9-16-33-26)25-19-23(4)37(24(25)5)28-12-7-6-10-22(28)3/h6-14,16,18-19,30-31H,15,17H2,1-5H3,(H,34,38)(H,35,39)/t30-,31-/m0/s1. The summed E-state index contributed by atoms with van der Waals surface area (Å²) in [6.45, 7) is 11.0. The molecule has 1 fully saturated rings. The number of rotatable bonds is 7. The highest BCUT2D eigenvalue weighted by molar-refractivity contribution is 7.80. The average molecular weight is 538 g/mol. The van der Waals surface area contributed by atoms with Crippen LogP contribution in [-0.2, 0) is 4.79 Å². The monoisotopic (exact) mass is 537 g/mol. The van der Waals surface area contributed by atoms with Crippen LogP contribution in [0.1, 0.15) is 57.8 Å².